The first-order chi connectivity index (χ1) is 20.5. The number of aromatic nitrogens is 2. The van der Waals surface area contributed by atoms with Crippen LogP contribution < -0.4 is 24.3 Å². The number of alkyl halides is 2. The average Bonchev–Trinajstić information content (AvgIpc) is 3.37. The van der Waals surface area contributed by atoms with E-state index in [2.05, 4.69) is 19.4 Å². The van der Waals surface area contributed by atoms with Gasteiger partial charge in [0, 0.05) is 18.1 Å². The first-order valence-corrected chi connectivity index (χ1v) is 14.5. The Hall–Kier alpha value is -4.43. The molecule has 226 valence electrons. The Labute approximate surface area is 248 Å². The standard InChI is InChI=1S/C28H23ClF3N3O7S/c1-16(25-21(29)6-3-7-22(25)30)12-17-8-9-24-23(13-17)35(15-19(40-24)10-11-39-27-33-28(36)42-34-27)43(37,38)20-5-2-4-18(14-20)41-26(31)32/h2-9,12-14,19,26H,10-11,15H2,1H3,(H,33,34,36)/b16-12+/t19-/m0/s1. The van der Waals surface area contributed by atoms with Crippen LogP contribution in [0, 0.1) is 5.82 Å². The van der Waals surface area contributed by atoms with Gasteiger partial charge in [-0.05, 0) is 59.6 Å². The second-order valence-electron chi connectivity index (χ2n) is 9.32. The number of allylic oxidation sites excluding steroid dienone is 1. The zero-order valence-electron chi connectivity index (χ0n) is 22.3. The highest BCUT2D eigenvalue weighted by molar-refractivity contribution is 7.92. The number of rotatable bonds is 10. The van der Waals surface area contributed by atoms with Crippen LogP contribution in [0.2, 0.25) is 5.02 Å². The number of hydrogen-bond acceptors (Lipinski definition) is 8. The van der Waals surface area contributed by atoms with Crippen molar-refractivity contribution >= 4 is 39.0 Å². The van der Waals surface area contributed by atoms with Gasteiger partial charge in [-0.3, -0.25) is 8.83 Å². The second-order valence-corrected chi connectivity index (χ2v) is 11.6. The van der Waals surface area contributed by atoms with E-state index in [-0.39, 0.29) is 58.3 Å². The van der Waals surface area contributed by atoms with Gasteiger partial charge in [0.1, 0.15) is 23.4 Å². The number of nitrogens with zero attached hydrogens (tertiary/aromatic N) is 2. The summed E-state index contributed by atoms with van der Waals surface area (Å²) >= 11 is 6.22. The van der Waals surface area contributed by atoms with Gasteiger partial charge in [0.05, 0.1) is 28.8 Å². The van der Waals surface area contributed by atoms with E-state index in [1.807, 2.05) is 0 Å². The highest BCUT2D eigenvalue weighted by Gasteiger charge is 2.35. The van der Waals surface area contributed by atoms with Crippen LogP contribution in [-0.4, -0.2) is 44.4 Å². The van der Waals surface area contributed by atoms with Crippen LogP contribution in [0.15, 0.2) is 74.9 Å². The van der Waals surface area contributed by atoms with Crippen LogP contribution in [0.3, 0.4) is 0 Å². The lowest BCUT2D eigenvalue weighted by molar-refractivity contribution is -0.0499. The lowest BCUT2D eigenvalue weighted by Gasteiger charge is -2.35. The highest BCUT2D eigenvalue weighted by Crippen LogP contribution is 2.40. The second kappa shape index (κ2) is 12.4. The Morgan fingerprint density at radius 3 is 2.72 bits per heavy atom. The molecule has 3 aromatic carbocycles. The number of nitrogens with one attached hydrogen (secondary N) is 1. The summed E-state index contributed by atoms with van der Waals surface area (Å²) in [6.45, 7) is -1.68. The van der Waals surface area contributed by atoms with Crippen molar-refractivity contribution in [1.29, 1.82) is 0 Å². The molecule has 0 amide bonds. The van der Waals surface area contributed by atoms with Crippen molar-refractivity contribution in [3.63, 3.8) is 0 Å². The molecule has 0 bridgehead atoms. The summed E-state index contributed by atoms with van der Waals surface area (Å²) in [7, 11) is -4.34. The van der Waals surface area contributed by atoms with Crippen molar-refractivity contribution in [3.8, 4) is 17.5 Å². The SMILES string of the molecule is C/C(=C\c1ccc2c(c1)N(S(=O)(=O)c1cccc(OC(F)F)c1)C[C@H](CCOc1noc(=O)[nH]1)O2)c1c(F)cccc1Cl. The molecule has 10 nitrogen and oxygen atoms in total. The molecule has 0 saturated heterocycles. The minimum absolute atomic E-state index is 0.0164. The van der Waals surface area contributed by atoms with Gasteiger partial charge in [0.25, 0.3) is 10.0 Å². The molecule has 1 aliphatic heterocycles. The molecule has 0 radical (unpaired) electrons. The Bertz CT molecular complexity index is 1810. The topological polar surface area (TPSA) is 124 Å². The van der Waals surface area contributed by atoms with E-state index >= 15 is 0 Å². The highest BCUT2D eigenvalue weighted by atomic mass is 35.5. The third-order valence-corrected chi connectivity index (χ3v) is 8.46. The first-order valence-electron chi connectivity index (χ1n) is 12.7. The molecule has 5 rings (SSSR count). The van der Waals surface area contributed by atoms with Gasteiger partial charge in [0.15, 0.2) is 0 Å². The smallest absolute Gasteiger partial charge is 0.441 e. The number of ether oxygens (including phenoxy) is 3. The number of hydrogen-bond donors (Lipinski definition) is 1. The largest absolute Gasteiger partial charge is 0.486 e. The summed E-state index contributed by atoms with van der Waals surface area (Å²) in [5.41, 5.74) is 1.38. The predicted molar refractivity (Wildman–Crippen MR) is 151 cm³/mol. The maximum Gasteiger partial charge on any atom is 0.441 e. The monoisotopic (exact) mass is 637 g/mol. The number of benzene rings is 3. The van der Waals surface area contributed by atoms with Gasteiger partial charge < -0.3 is 14.2 Å². The van der Waals surface area contributed by atoms with E-state index < -0.39 is 34.3 Å². The molecule has 0 saturated carbocycles. The maximum absolute atomic E-state index is 14.5. The molecule has 1 aromatic heterocycles. The molecule has 1 aliphatic rings. The number of anilines is 1. The molecule has 0 spiro atoms. The normalized spacial score (nSPS) is 15.3. The van der Waals surface area contributed by atoms with E-state index in [0.29, 0.717) is 11.1 Å². The Balaban J connectivity index is 1.50. The van der Waals surface area contributed by atoms with Crippen molar-refractivity contribution in [3.05, 3.63) is 93.2 Å². The van der Waals surface area contributed by atoms with Crippen molar-refractivity contribution < 1.29 is 40.3 Å². The van der Waals surface area contributed by atoms with Crippen molar-refractivity contribution in [1.82, 2.24) is 10.1 Å². The van der Waals surface area contributed by atoms with Crippen molar-refractivity contribution in [2.45, 2.75) is 31.0 Å². The number of fused-ring (bicyclic) bond motifs is 1. The predicted octanol–water partition coefficient (Wildman–Crippen LogP) is 5.74. The zero-order chi connectivity index (χ0) is 30.7. The molecule has 1 N–H and O–H groups in total. The molecule has 0 unspecified atom stereocenters. The Morgan fingerprint density at radius 2 is 2.00 bits per heavy atom. The molecule has 4 aromatic rings. The first kappa shape index (κ1) is 30.0. The minimum Gasteiger partial charge on any atom is -0.486 e. The third-order valence-electron chi connectivity index (χ3n) is 6.37. The lowest BCUT2D eigenvalue weighted by Crippen LogP contribution is -2.44. The van der Waals surface area contributed by atoms with E-state index in [4.69, 9.17) is 21.1 Å². The fraction of sp³-hybridized carbons (Fsp3) is 0.214. The molecular formula is C28H23ClF3N3O7S. The summed E-state index contributed by atoms with van der Waals surface area (Å²) in [5.74, 6) is -1.43. The molecule has 1 atom stereocenters. The summed E-state index contributed by atoms with van der Waals surface area (Å²) in [5, 5.41) is 3.62. The van der Waals surface area contributed by atoms with Crippen molar-refractivity contribution in [2.24, 2.45) is 0 Å². The Morgan fingerprint density at radius 1 is 1.21 bits per heavy atom. The van der Waals surface area contributed by atoms with Crippen LogP contribution in [0.1, 0.15) is 24.5 Å². The quantitative estimate of drug-likeness (QED) is 0.218. The molecule has 0 fully saturated rings. The summed E-state index contributed by atoms with van der Waals surface area (Å²) < 4.78 is 89.4. The Kier molecular flexibility index (Phi) is 8.69. The van der Waals surface area contributed by atoms with E-state index in [1.165, 1.54) is 30.3 Å². The van der Waals surface area contributed by atoms with Crippen LogP contribution in [0.5, 0.6) is 17.5 Å². The molecule has 43 heavy (non-hydrogen) atoms. The van der Waals surface area contributed by atoms with E-state index in [0.717, 1.165) is 10.4 Å². The third kappa shape index (κ3) is 6.81. The van der Waals surface area contributed by atoms with Gasteiger partial charge in [0.2, 0.25) is 0 Å². The maximum atomic E-state index is 14.5. The van der Waals surface area contributed by atoms with Crippen LogP contribution >= 0.6 is 11.6 Å². The van der Waals surface area contributed by atoms with Gasteiger partial charge in [-0.1, -0.05) is 35.9 Å². The molecular weight excluding hydrogens is 615 g/mol. The number of halogens is 4. The zero-order valence-corrected chi connectivity index (χ0v) is 23.9. The van der Waals surface area contributed by atoms with E-state index in [1.54, 1.807) is 37.3 Å². The van der Waals surface area contributed by atoms with Gasteiger partial charge in [-0.15, -0.1) is 0 Å². The summed E-state index contributed by atoms with van der Waals surface area (Å²) in [6.07, 6.45) is 1.09. The lowest BCUT2D eigenvalue weighted by atomic mass is 10.0. The summed E-state index contributed by atoms with van der Waals surface area (Å²) in [4.78, 5) is 13.1. The molecule has 0 aliphatic carbocycles. The van der Waals surface area contributed by atoms with Gasteiger partial charge >= 0.3 is 18.4 Å². The van der Waals surface area contributed by atoms with Crippen molar-refractivity contribution in [2.75, 3.05) is 17.5 Å². The number of sulfonamides is 1. The van der Waals surface area contributed by atoms with Crippen LogP contribution in [-0.2, 0) is 10.0 Å². The number of aromatic amines is 1. The minimum atomic E-state index is -4.34. The van der Waals surface area contributed by atoms with Gasteiger partial charge in [-0.25, -0.2) is 22.6 Å². The fourth-order valence-corrected chi connectivity index (χ4v) is 6.34. The molecule has 2 heterocycles. The molecule has 15 heteroatoms. The fourth-order valence-electron chi connectivity index (χ4n) is 4.50. The van der Waals surface area contributed by atoms with Crippen LogP contribution in [0.4, 0.5) is 18.9 Å². The van der Waals surface area contributed by atoms with Gasteiger partial charge in [-0.2, -0.15) is 8.78 Å². The number of H-pyrrole nitrogens is 1. The van der Waals surface area contributed by atoms with Crippen LogP contribution in [0.25, 0.3) is 11.6 Å². The summed E-state index contributed by atoms with van der Waals surface area (Å²) in [6, 6.07) is 13.7. The van der Waals surface area contributed by atoms with E-state index in [9.17, 15) is 26.4 Å². The average molecular weight is 638 g/mol.